The average Bonchev–Trinajstić information content (AvgIpc) is 2.72. The number of nitrogens with zero attached hydrogens (tertiary/aromatic N) is 2. The van der Waals surface area contributed by atoms with Gasteiger partial charge in [-0.2, -0.15) is 0 Å². The molecule has 4 N–H and O–H groups in total. The van der Waals surface area contributed by atoms with Gasteiger partial charge in [0.25, 0.3) is 17.7 Å². The molecule has 2 unspecified atom stereocenters. The number of aromatic nitrogens is 2. The summed E-state index contributed by atoms with van der Waals surface area (Å²) in [6.07, 6.45) is 5.46. The number of pyridine rings is 2. The number of carbonyl (C=O) groups is 3. The van der Waals surface area contributed by atoms with Crippen LogP contribution in [0.3, 0.4) is 0 Å². The predicted molar refractivity (Wildman–Crippen MR) is 117 cm³/mol. The van der Waals surface area contributed by atoms with E-state index in [4.69, 9.17) is 5.73 Å². The Labute approximate surface area is 186 Å². The van der Waals surface area contributed by atoms with Gasteiger partial charge in [-0.15, -0.1) is 0 Å². The van der Waals surface area contributed by atoms with Gasteiger partial charge in [0.15, 0.2) is 0 Å². The zero-order valence-electron chi connectivity index (χ0n) is 18.1. The van der Waals surface area contributed by atoms with Gasteiger partial charge >= 0.3 is 0 Å². The fourth-order valence-electron chi connectivity index (χ4n) is 6.53. The number of nitrogens with one attached hydrogen (secondary N) is 2. The highest BCUT2D eigenvalue weighted by molar-refractivity contribution is 5.96. The van der Waals surface area contributed by atoms with Crippen molar-refractivity contribution in [2.75, 3.05) is 0 Å². The summed E-state index contributed by atoms with van der Waals surface area (Å²) in [5, 5.41) is 6.53. The Kier molecular flexibility index (Phi) is 4.76. The van der Waals surface area contributed by atoms with Gasteiger partial charge in [0.2, 0.25) is 0 Å². The molecule has 2 atom stereocenters. The summed E-state index contributed by atoms with van der Waals surface area (Å²) in [4.78, 5) is 46.0. The lowest BCUT2D eigenvalue weighted by Crippen LogP contribution is -2.70. The first-order valence-electron chi connectivity index (χ1n) is 11.1. The van der Waals surface area contributed by atoms with Gasteiger partial charge in [0.1, 0.15) is 17.1 Å². The maximum atomic E-state index is 13.1. The molecule has 8 heteroatoms. The first-order chi connectivity index (χ1) is 15.2. The maximum Gasteiger partial charge on any atom is 0.270 e. The summed E-state index contributed by atoms with van der Waals surface area (Å²) < 4.78 is 0. The van der Waals surface area contributed by atoms with E-state index in [0.29, 0.717) is 24.0 Å². The minimum Gasteiger partial charge on any atom is -0.364 e. The molecule has 2 heterocycles. The van der Waals surface area contributed by atoms with Crippen molar-refractivity contribution in [2.24, 2.45) is 17.6 Å². The van der Waals surface area contributed by atoms with Gasteiger partial charge < -0.3 is 16.4 Å². The summed E-state index contributed by atoms with van der Waals surface area (Å²) in [6.45, 7) is 1.87. The van der Waals surface area contributed by atoms with Crippen LogP contribution in [0.25, 0.3) is 0 Å². The van der Waals surface area contributed by atoms with E-state index in [-0.39, 0.29) is 34.3 Å². The van der Waals surface area contributed by atoms with Crippen LogP contribution in [0.4, 0.5) is 0 Å². The third-order valence-electron chi connectivity index (χ3n) is 7.17. The number of carbonyl (C=O) groups excluding carboxylic acids is 3. The lowest BCUT2D eigenvalue weighted by atomic mass is 9.49. The van der Waals surface area contributed by atoms with Gasteiger partial charge in [-0.25, -0.2) is 9.97 Å². The molecule has 8 nitrogen and oxygen atoms in total. The molecular weight excluding hydrogens is 406 g/mol. The number of nitrogens with two attached hydrogens (primary N) is 1. The molecule has 4 fully saturated rings. The normalized spacial score (nSPS) is 30.0. The molecule has 2 aromatic rings. The van der Waals surface area contributed by atoms with E-state index >= 15 is 0 Å². The van der Waals surface area contributed by atoms with Gasteiger partial charge in [0.05, 0.1) is 0 Å². The molecule has 4 saturated carbocycles. The lowest BCUT2D eigenvalue weighted by Gasteiger charge is -2.62. The van der Waals surface area contributed by atoms with Gasteiger partial charge in [-0.3, -0.25) is 14.4 Å². The van der Waals surface area contributed by atoms with Gasteiger partial charge in [0, 0.05) is 16.8 Å². The van der Waals surface area contributed by atoms with Gasteiger partial charge in [-0.1, -0.05) is 12.1 Å². The van der Waals surface area contributed by atoms with Crippen LogP contribution in [0.2, 0.25) is 0 Å². The second kappa shape index (κ2) is 7.39. The van der Waals surface area contributed by atoms with Crippen LogP contribution in [-0.2, 0) is 0 Å². The number of amides is 3. The largest absolute Gasteiger partial charge is 0.364 e. The van der Waals surface area contributed by atoms with Crippen LogP contribution in [-0.4, -0.2) is 38.8 Å². The molecule has 0 spiro atoms. The summed E-state index contributed by atoms with van der Waals surface area (Å²) in [6, 6.07) is 10.1. The quantitative estimate of drug-likeness (QED) is 0.666. The molecule has 32 heavy (non-hydrogen) atoms. The van der Waals surface area contributed by atoms with E-state index < -0.39 is 5.91 Å². The van der Waals surface area contributed by atoms with Crippen LogP contribution in [0.1, 0.15) is 75.7 Å². The summed E-state index contributed by atoms with van der Waals surface area (Å²) in [5.74, 6) is -0.231. The van der Waals surface area contributed by atoms with E-state index in [1.807, 2.05) is 19.1 Å². The first kappa shape index (κ1) is 20.6. The fourth-order valence-corrected chi connectivity index (χ4v) is 6.53. The third kappa shape index (κ3) is 3.74. The summed E-state index contributed by atoms with van der Waals surface area (Å²) in [7, 11) is 0. The molecule has 166 valence electrons. The highest BCUT2D eigenvalue weighted by atomic mass is 16.2. The molecule has 4 bridgehead atoms. The standard InChI is InChI=1S/C24H27N5O3/c1-14-4-2-6-18(26-14)21(31)28-23-9-15-8-16(10-23)12-24(11-15,13-23)29-22(32)19-7-3-5-17(27-19)20(25)30/h2-7,15-16H,8-13H2,1H3,(H2,25,30)(H,28,31)(H,29,32). The van der Waals surface area contributed by atoms with Crippen molar-refractivity contribution in [2.45, 2.75) is 56.5 Å². The molecule has 6 rings (SSSR count). The SMILES string of the molecule is Cc1cccc(C(=O)NC23CC4CC(C2)CC(NC(=O)c2cccc(C(N)=O)n2)(C4)C3)n1. The van der Waals surface area contributed by atoms with Crippen molar-refractivity contribution in [1.82, 2.24) is 20.6 Å². The Morgan fingerprint density at radius 1 is 0.844 bits per heavy atom. The smallest absolute Gasteiger partial charge is 0.270 e. The number of primary amides is 1. The fraction of sp³-hybridized carbons (Fsp3) is 0.458. The molecule has 4 aliphatic carbocycles. The van der Waals surface area contributed by atoms with E-state index in [1.165, 1.54) is 6.07 Å². The first-order valence-corrected chi connectivity index (χ1v) is 11.1. The Morgan fingerprint density at radius 2 is 1.34 bits per heavy atom. The van der Waals surface area contributed by atoms with Crippen molar-refractivity contribution in [3.63, 3.8) is 0 Å². The Bertz CT molecular complexity index is 1100. The van der Waals surface area contributed by atoms with Crippen molar-refractivity contribution >= 4 is 17.7 Å². The van der Waals surface area contributed by atoms with Crippen LogP contribution in [0, 0.1) is 18.8 Å². The van der Waals surface area contributed by atoms with Crippen molar-refractivity contribution in [1.29, 1.82) is 0 Å². The number of hydrogen-bond acceptors (Lipinski definition) is 5. The average molecular weight is 434 g/mol. The second-order valence-corrected chi connectivity index (χ2v) is 9.87. The molecule has 3 amide bonds. The topological polar surface area (TPSA) is 127 Å². The molecule has 0 radical (unpaired) electrons. The van der Waals surface area contributed by atoms with Crippen molar-refractivity contribution in [3.05, 3.63) is 59.2 Å². The van der Waals surface area contributed by atoms with Crippen molar-refractivity contribution in [3.8, 4) is 0 Å². The minimum absolute atomic E-state index is 0.0672. The number of hydrogen-bond donors (Lipinski definition) is 3. The van der Waals surface area contributed by atoms with E-state index in [0.717, 1.165) is 37.8 Å². The predicted octanol–water partition coefficient (Wildman–Crippen LogP) is 2.14. The molecule has 4 aliphatic rings. The molecule has 2 aromatic heterocycles. The Morgan fingerprint density at radius 3 is 1.88 bits per heavy atom. The minimum atomic E-state index is -0.666. The summed E-state index contributed by atoms with van der Waals surface area (Å²) in [5.41, 5.74) is 6.05. The molecule has 0 saturated heterocycles. The van der Waals surface area contributed by atoms with E-state index in [9.17, 15) is 14.4 Å². The van der Waals surface area contributed by atoms with E-state index in [2.05, 4.69) is 20.6 Å². The van der Waals surface area contributed by atoms with Crippen LogP contribution < -0.4 is 16.4 Å². The van der Waals surface area contributed by atoms with E-state index in [1.54, 1.807) is 18.2 Å². The number of aryl methyl sites for hydroxylation is 1. The van der Waals surface area contributed by atoms with Gasteiger partial charge in [-0.05, 0) is 81.5 Å². The van der Waals surface area contributed by atoms with Crippen molar-refractivity contribution < 1.29 is 14.4 Å². The molecule has 0 aromatic carbocycles. The zero-order valence-corrected chi connectivity index (χ0v) is 18.1. The molecular formula is C24H27N5O3. The zero-order chi connectivity index (χ0) is 22.5. The van der Waals surface area contributed by atoms with Crippen LogP contribution in [0.15, 0.2) is 36.4 Å². The highest BCUT2D eigenvalue weighted by Gasteiger charge is 2.58. The molecule has 0 aliphatic heterocycles. The summed E-state index contributed by atoms with van der Waals surface area (Å²) >= 11 is 0. The Balaban J connectivity index is 1.37. The van der Waals surface area contributed by atoms with Crippen LogP contribution in [0.5, 0.6) is 0 Å². The lowest BCUT2D eigenvalue weighted by molar-refractivity contribution is -0.0449. The Hall–Kier alpha value is -3.29. The third-order valence-corrected chi connectivity index (χ3v) is 7.17. The van der Waals surface area contributed by atoms with Crippen LogP contribution >= 0.6 is 0 Å². The number of rotatable bonds is 5. The monoisotopic (exact) mass is 433 g/mol. The maximum absolute atomic E-state index is 13.1. The highest BCUT2D eigenvalue weighted by Crippen LogP contribution is 2.57. The second-order valence-electron chi connectivity index (χ2n) is 9.87.